The molecule has 0 radical (unpaired) electrons. The van der Waals surface area contributed by atoms with Gasteiger partial charge in [-0.05, 0) is 49.6 Å². The zero-order valence-corrected chi connectivity index (χ0v) is 20.4. The molecule has 0 fully saturated rings. The molecule has 1 heterocycles. The summed E-state index contributed by atoms with van der Waals surface area (Å²) in [4.78, 5) is 12.9. The number of aryl methyl sites for hydroxylation is 1. The summed E-state index contributed by atoms with van der Waals surface area (Å²) in [5.74, 6) is 1.43. The first-order valence-corrected chi connectivity index (χ1v) is 11.9. The van der Waals surface area contributed by atoms with Crippen molar-refractivity contribution in [1.82, 2.24) is 20.1 Å². The molecule has 164 valence electrons. The number of nitrogens with one attached hydrogen (secondary N) is 1. The van der Waals surface area contributed by atoms with Gasteiger partial charge < -0.3 is 9.88 Å². The second-order valence-electron chi connectivity index (χ2n) is 7.67. The lowest BCUT2D eigenvalue weighted by molar-refractivity contribution is 0.0921. The highest BCUT2D eigenvalue weighted by molar-refractivity contribution is 7.98. The predicted octanol–water partition coefficient (Wildman–Crippen LogP) is 6.33. The van der Waals surface area contributed by atoms with E-state index in [2.05, 4.69) is 33.9 Å². The van der Waals surface area contributed by atoms with Crippen molar-refractivity contribution in [3.8, 4) is 0 Å². The van der Waals surface area contributed by atoms with E-state index in [0.717, 1.165) is 22.1 Å². The summed E-state index contributed by atoms with van der Waals surface area (Å²) in [5.41, 5.74) is 2.67. The van der Waals surface area contributed by atoms with Crippen LogP contribution in [0.5, 0.6) is 0 Å². The Bertz CT molecular complexity index is 1070. The summed E-state index contributed by atoms with van der Waals surface area (Å²) in [5, 5.41) is 14.0. The lowest BCUT2D eigenvalue weighted by Gasteiger charge is -2.22. The van der Waals surface area contributed by atoms with Crippen molar-refractivity contribution in [3.63, 3.8) is 0 Å². The van der Waals surface area contributed by atoms with E-state index < -0.39 is 0 Å². The van der Waals surface area contributed by atoms with Crippen molar-refractivity contribution in [2.75, 3.05) is 0 Å². The Hall–Kier alpha value is -2.02. The third kappa shape index (κ3) is 5.82. The van der Waals surface area contributed by atoms with Crippen LogP contribution >= 0.6 is 35.0 Å². The predicted molar refractivity (Wildman–Crippen MR) is 128 cm³/mol. The van der Waals surface area contributed by atoms with Crippen molar-refractivity contribution < 1.29 is 4.79 Å². The van der Waals surface area contributed by atoms with Crippen LogP contribution in [0.25, 0.3) is 0 Å². The molecular formula is C23H26Cl2N4OS. The van der Waals surface area contributed by atoms with Crippen molar-refractivity contribution in [2.45, 2.75) is 51.2 Å². The number of rotatable bonds is 8. The molecule has 5 nitrogen and oxygen atoms in total. The highest BCUT2D eigenvalue weighted by atomic mass is 35.5. The SMILES string of the molecule is CCn1c(SCc2ccc(Cl)cc2Cl)nnc1C(NC(=O)c1cccc(C)c1)C(C)C. The number of thioether (sulfide) groups is 1. The molecule has 3 aromatic rings. The third-order valence-electron chi connectivity index (χ3n) is 4.95. The number of hydrogen-bond acceptors (Lipinski definition) is 4. The molecule has 2 aromatic carbocycles. The van der Waals surface area contributed by atoms with Crippen molar-refractivity contribution in [1.29, 1.82) is 0 Å². The van der Waals surface area contributed by atoms with E-state index in [-0.39, 0.29) is 17.9 Å². The molecule has 0 aliphatic rings. The summed E-state index contributed by atoms with van der Waals surface area (Å²) >= 11 is 13.9. The van der Waals surface area contributed by atoms with Crippen molar-refractivity contribution in [2.24, 2.45) is 5.92 Å². The van der Waals surface area contributed by atoms with Gasteiger partial charge in [0.1, 0.15) is 0 Å². The Balaban J connectivity index is 1.81. The second kappa shape index (κ2) is 10.5. The molecule has 8 heteroatoms. The smallest absolute Gasteiger partial charge is 0.251 e. The monoisotopic (exact) mass is 476 g/mol. The number of carbonyl (C=O) groups is 1. The minimum Gasteiger partial charge on any atom is -0.342 e. The Morgan fingerprint density at radius 2 is 1.94 bits per heavy atom. The summed E-state index contributed by atoms with van der Waals surface area (Å²) in [6.07, 6.45) is 0. The molecule has 0 saturated heterocycles. The topological polar surface area (TPSA) is 59.8 Å². The van der Waals surface area contributed by atoms with E-state index >= 15 is 0 Å². The number of benzene rings is 2. The van der Waals surface area contributed by atoms with Crippen LogP contribution in [0.15, 0.2) is 47.6 Å². The normalized spacial score (nSPS) is 12.2. The van der Waals surface area contributed by atoms with Crippen LogP contribution < -0.4 is 5.32 Å². The Kier molecular flexibility index (Phi) is 8.03. The van der Waals surface area contributed by atoms with Crippen LogP contribution in [0.2, 0.25) is 10.0 Å². The van der Waals surface area contributed by atoms with Crippen molar-refractivity contribution in [3.05, 3.63) is 75.0 Å². The molecule has 0 aliphatic heterocycles. The first-order chi connectivity index (χ1) is 14.8. The summed E-state index contributed by atoms with van der Waals surface area (Å²) in [7, 11) is 0. The van der Waals surface area contributed by atoms with Gasteiger partial charge in [-0.2, -0.15) is 0 Å². The second-order valence-corrected chi connectivity index (χ2v) is 9.46. The van der Waals surface area contributed by atoms with Crippen molar-refractivity contribution >= 4 is 40.9 Å². The number of halogens is 2. The molecule has 0 spiro atoms. The highest BCUT2D eigenvalue weighted by Crippen LogP contribution is 2.30. The van der Waals surface area contributed by atoms with E-state index in [9.17, 15) is 4.79 Å². The average Bonchev–Trinajstić information content (AvgIpc) is 3.13. The molecule has 0 bridgehead atoms. The van der Waals surface area contributed by atoms with Gasteiger partial charge in [0.05, 0.1) is 6.04 Å². The zero-order chi connectivity index (χ0) is 22.5. The van der Waals surface area contributed by atoms with Gasteiger partial charge in [0, 0.05) is 27.9 Å². The van der Waals surface area contributed by atoms with Gasteiger partial charge in [0.25, 0.3) is 5.91 Å². The molecule has 1 unspecified atom stereocenters. The quantitative estimate of drug-likeness (QED) is 0.385. The van der Waals surface area contributed by atoms with Crippen LogP contribution in [0, 0.1) is 12.8 Å². The van der Waals surface area contributed by atoms with Gasteiger partial charge in [-0.3, -0.25) is 4.79 Å². The third-order valence-corrected chi connectivity index (χ3v) is 6.55. The Morgan fingerprint density at radius 1 is 1.16 bits per heavy atom. The number of amides is 1. The Labute approximate surface area is 197 Å². The Morgan fingerprint density at radius 3 is 2.58 bits per heavy atom. The molecular weight excluding hydrogens is 451 g/mol. The van der Waals surface area contributed by atoms with Gasteiger partial charge in [-0.25, -0.2) is 0 Å². The minimum atomic E-state index is -0.256. The standard InChI is InChI=1S/C23H26Cl2N4OS/c1-5-29-21(20(14(2)3)26-22(30)16-8-6-7-15(4)11-16)27-28-23(29)31-13-17-9-10-18(24)12-19(17)25/h6-12,14,20H,5,13H2,1-4H3,(H,26,30). The van der Waals surface area contributed by atoms with E-state index in [1.807, 2.05) is 50.2 Å². The molecule has 1 atom stereocenters. The van der Waals surface area contributed by atoms with E-state index in [4.69, 9.17) is 23.2 Å². The largest absolute Gasteiger partial charge is 0.342 e. The molecule has 1 N–H and O–H groups in total. The van der Waals surface area contributed by atoms with Crippen LogP contribution in [0.3, 0.4) is 0 Å². The van der Waals surface area contributed by atoms with Gasteiger partial charge >= 0.3 is 0 Å². The minimum absolute atomic E-state index is 0.116. The van der Waals surface area contributed by atoms with Crippen LogP contribution in [0.4, 0.5) is 0 Å². The van der Waals surface area contributed by atoms with Crippen LogP contribution in [0.1, 0.15) is 54.1 Å². The number of aromatic nitrogens is 3. The lowest BCUT2D eigenvalue weighted by Crippen LogP contribution is -2.33. The van der Waals surface area contributed by atoms with E-state index in [1.54, 1.807) is 17.8 Å². The van der Waals surface area contributed by atoms with Crippen LogP contribution in [-0.2, 0) is 12.3 Å². The fraction of sp³-hybridized carbons (Fsp3) is 0.348. The van der Waals surface area contributed by atoms with E-state index in [0.29, 0.717) is 27.9 Å². The van der Waals surface area contributed by atoms with Crippen LogP contribution in [-0.4, -0.2) is 20.7 Å². The maximum Gasteiger partial charge on any atom is 0.251 e. The first-order valence-electron chi connectivity index (χ1n) is 10.2. The van der Waals surface area contributed by atoms with Gasteiger partial charge in [-0.15, -0.1) is 10.2 Å². The number of carbonyl (C=O) groups excluding carboxylic acids is 1. The van der Waals surface area contributed by atoms with E-state index in [1.165, 1.54) is 0 Å². The fourth-order valence-corrected chi connectivity index (χ4v) is 4.82. The molecule has 0 saturated carbocycles. The highest BCUT2D eigenvalue weighted by Gasteiger charge is 2.26. The summed E-state index contributed by atoms with van der Waals surface area (Å²) in [6, 6.07) is 12.8. The molecule has 1 aromatic heterocycles. The number of nitrogens with zero attached hydrogens (tertiary/aromatic N) is 3. The van der Waals surface area contributed by atoms with Gasteiger partial charge in [-0.1, -0.05) is 72.6 Å². The average molecular weight is 477 g/mol. The maximum absolute atomic E-state index is 12.9. The molecule has 31 heavy (non-hydrogen) atoms. The lowest BCUT2D eigenvalue weighted by atomic mass is 10.0. The number of hydrogen-bond donors (Lipinski definition) is 1. The fourth-order valence-electron chi connectivity index (χ4n) is 3.26. The zero-order valence-electron chi connectivity index (χ0n) is 18.0. The molecule has 3 rings (SSSR count). The molecule has 1 amide bonds. The van der Waals surface area contributed by atoms with Gasteiger partial charge in [0.15, 0.2) is 11.0 Å². The van der Waals surface area contributed by atoms with Gasteiger partial charge in [0.2, 0.25) is 0 Å². The summed E-state index contributed by atoms with van der Waals surface area (Å²) < 4.78 is 2.05. The molecule has 0 aliphatic carbocycles. The summed E-state index contributed by atoms with van der Waals surface area (Å²) in [6.45, 7) is 8.85. The maximum atomic E-state index is 12.9. The first kappa shape index (κ1) is 23.6.